The molecule has 118 valence electrons. The van der Waals surface area contributed by atoms with Gasteiger partial charge in [0.05, 0.1) is 0 Å². The lowest BCUT2D eigenvalue weighted by molar-refractivity contribution is -0.0941. The molecule has 1 fully saturated rings. The van der Waals surface area contributed by atoms with Crippen LogP contribution >= 0.6 is 12.4 Å². The van der Waals surface area contributed by atoms with Crippen LogP contribution in [0.4, 0.5) is 0 Å². The van der Waals surface area contributed by atoms with Crippen molar-refractivity contribution in [3.63, 3.8) is 0 Å². The quantitative estimate of drug-likeness (QED) is 0.868. The number of hydrogen-bond donors (Lipinski definition) is 2. The van der Waals surface area contributed by atoms with Gasteiger partial charge in [0.2, 0.25) is 0 Å². The number of halogens is 1. The third-order valence-electron chi connectivity index (χ3n) is 4.05. The Morgan fingerprint density at radius 2 is 1.95 bits per heavy atom. The van der Waals surface area contributed by atoms with E-state index >= 15 is 0 Å². The Labute approximate surface area is 131 Å². The van der Waals surface area contributed by atoms with Crippen LogP contribution in [0.5, 0.6) is 11.5 Å². The number of nitrogens with one attached hydrogen (secondary N) is 1. The Kier molecular flexibility index (Phi) is 5.32. The average Bonchev–Trinajstić information content (AvgIpc) is 2.48. The number of rotatable bonds is 3. The number of ether oxygens (including phenoxy) is 2. The summed E-state index contributed by atoms with van der Waals surface area (Å²) in [6.45, 7) is 6.78. The Hall–Kier alpha value is -1.01. The molecular formula is C15H23ClN2O3. The zero-order valence-electron chi connectivity index (χ0n) is 12.2. The van der Waals surface area contributed by atoms with E-state index in [1.54, 1.807) is 0 Å². The van der Waals surface area contributed by atoms with Crippen molar-refractivity contribution in [1.82, 2.24) is 10.2 Å². The second-order valence-corrected chi connectivity index (χ2v) is 5.72. The molecule has 0 amide bonds. The Morgan fingerprint density at radius 1 is 1.29 bits per heavy atom. The molecule has 0 aliphatic carbocycles. The lowest BCUT2D eigenvalue weighted by Crippen LogP contribution is -2.57. The molecule has 2 aliphatic rings. The van der Waals surface area contributed by atoms with Crippen LogP contribution in [0.1, 0.15) is 6.92 Å². The maximum absolute atomic E-state index is 10.5. The van der Waals surface area contributed by atoms with Gasteiger partial charge in [0.1, 0.15) is 12.7 Å². The standard InChI is InChI=1S/C15H22N2O3.ClH/c1-15(14(18)10-17-8-6-16-7-9-17)11-19-12-4-2-3-5-13(12)20-15;/h2-5,14,16,18H,6-11H2,1H3;1H. The molecule has 2 N–H and O–H groups in total. The van der Waals surface area contributed by atoms with Crippen LogP contribution in [-0.4, -0.2) is 61.0 Å². The van der Waals surface area contributed by atoms with E-state index in [9.17, 15) is 5.11 Å². The van der Waals surface area contributed by atoms with Crippen LogP contribution in [0.3, 0.4) is 0 Å². The first-order valence-corrected chi connectivity index (χ1v) is 7.19. The molecule has 0 spiro atoms. The van der Waals surface area contributed by atoms with Crippen molar-refractivity contribution in [2.75, 3.05) is 39.3 Å². The maximum Gasteiger partial charge on any atom is 0.167 e. The molecule has 2 unspecified atom stereocenters. The number of β-amino-alcohol motifs (C(OH)–C–C–N with tert-alkyl or cyclic N) is 1. The highest BCUT2D eigenvalue weighted by Crippen LogP contribution is 2.36. The Balaban J connectivity index is 0.00000161. The summed E-state index contributed by atoms with van der Waals surface area (Å²) in [5.41, 5.74) is -0.695. The zero-order chi connectivity index (χ0) is 14.0. The van der Waals surface area contributed by atoms with Gasteiger partial charge in [-0.3, -0.25) is 4.90 Å². The number of aliphatic hydroxyl groups is 1. The molecule has 0 saturated carbocycles. The largest absolute Gasteiger partial charge is 0.485 e. The van der Waals surface area contributed by atoms with Crippen molar-refractivity contribution < 1.29 is 14.6 Å². The van der Waals surface area contributed by atoms with Crippen molar-refractivity contribution in [2.45, 2.75) is 18.6 Å². The number of benzene rings is 1. The summed E-state index contributed by atoms with van der Waals surface area (Å²) in [5, 5.41) is 13.9. The molecule has 2 atom stereocenters. The molecule has 1 saturated heterocycles. The summed E-state index contributed by atoms with van der Waals surface area (Å²) < 4.78 is 11.7. The summed E-state index contributed by atoms with van der Waals surface area (Å²) in [6.07, 6.45) is -0.575. The van der Waals surface area contributed by atoms with Gasteiger partial charge in [0.15, 0.2) is 17.1 Å². The molecule has 1 aromatic rings. The minimum atomic E-state index is -0.695. The van der Waals surface area contributed by atoms with Crippen molar-refractivity contribution in [2.24, 2.45) is 0 Å². The van der Waals surface area contributed by atoms with Gasteiger partial charge < -0.3 is 19.9 Å². The molecule has 1 aromatic carbocycles. The van der Waals surface area contributed by atoms with Crippen LogP contribution < -0.4 is 14.8 Å². The lowest BCUT2D eigenvalue weighted by atomic mass is 9.98. The van der Waals surface area contributed by atoms with Gasteiger partial charge in [0.25, 0.3) is 0 Å². The van der Waals surface area contributed by atoms with Gasteiger partial charge in [0, 0.05) is 32.7 Å². The van der Waals surface area contributed by atoms with Crippen molar-refractivity contribution in [3.8, 4) is 11.5 Å². The van der Waals surface area contributed by atoms with Gasteiger partial charge in [-0.05, 0) is 19.1 Å². The van der Waals surface area contributed by atoms with Crippen LogP contribution in [0.25, 0.3) is 0 Å². The number of piperazine rings is 1. The third kappa shape index (κ3) is 3.61. The number of fused-ring (bicyclic) bond motifs is 1. The van der Waals surface area contributed by atoms with Gasteiger partial charge >= 0.3 is 0 Å². The van der Waals surface area contributed by atoms with E-state index in [4.69, 9.17) is 9.47 Å². The van der Waals surface area contributed by atoms with E-state index in [1.807, 2.05) is 31.2 Å². The fourth-order valence-electron chi connectivity index (χ4n) is 2.65. The predicted molar refractivity (Wildman–Crippen MR) is 83.5 cm³/mol. The van der Waals surface area contributed by atoms with Gasteiger partial charge in [-0.15, -0.1) is 12.4 Å². The van der Waals surface area contributed by atoms with Crippen LogP contribution in [0.2, 0.25) is 0 Å². The van der Waals surface area contributed by atoms with E-state index in [-0.39, 0.29) is 12.4 Å². The topological polar surface area (TPSA) is 54.0 Å². The molecular weight excluding hydrogens is 292 g/mol. The van der Waals surface area contributed by atoms with E-state index in [0.717, 1.165) is 31.9 Å². The van der Waals surface area contributed by atoms with Crippen molar-refractivity contribution in [3.05, 3.63) is 24.3 Å². The number of hydrogen-bond acceptors (Lipinski definition) is 5. The minimum Gasteiger partial charge on any atom is -0.485 e. The molecule has 3 rings (SSSR count). The van der Waals surface area contributed by atoms with Gasteiger partial charge in [-0.25, -0.2) is 0 Å². The SMILES string of the molecule is CC1(C(O)CN2CCNCC2)COc2ccccc2O1.Cl. The second kappa shape index (κ2) is 6.83. The van der Waals surface area contributed by atoms with E-state index in [0.29, 0.717) is 18.9 Å². The van der Waals surface area contributed by atoms with Crippen LogP contribution in [0.15, 0.2) is 24.3 Å². The summed E-state index contributed by atoms with van der Waals surface area (Å²) in [5.74, 6) is 1.46. The minimum absolute atomic E-state index is 0. The van der Waals surface area contributed by atoms with E-state index in [2.05, 4.69) is 10.2 Å². The Bertz CT molecular complexity index is 468. The Morgan fingerprint density at radius 3 is 2.67 bits per heavy atom. The molecule has 5 nitrogen and oxygen atoms in total. The van der Waals surface area contributed by atoms with Crippen molar-refractivity contribution >= 4 is 12.4 Å². The van der Waals surface area contributed by atoms with Gasteiger partial charge in [-0.2, -0.15) is 0 Å². The zero-order valence-corrected chi connectivity index (χ0v) is 13.1. The smallest absolute Gasteiger partial charge is 0.167 e. The first-order valence-electron chi connectivity index (χ1n) is 7.19. The third-order valence-corrected chi connectivity index (χ3v) is 4.05. The molecule has 0 aromatic heterocycles. The fraction of sp³-hybridized carbons (Fsp3) is 0.600. The molecule has 2 aliphatic heterocycles. The highest BCUT2D eigenvalue weighted by Gasteiger charge is 2.40. The summed E-state index contributed by atoms with van der Waals surface area (Å²) >= 11 is 0. The molecule has 21 heavy (non-hydrogen) atoms. The molecule has 0 bridgehead atoms. The fourth-order valence-corrected chi connectivity index (χ4v) is 2.65. The average molecular weight is 315 g/mol. The van der Waals surface area contributed by atoms with E-state index < -0.39 is 11.7 Å². The van der Waals surface area contributed by atoms with Crippen LogP contribution in [-0.2, 0) is 0 Å². The molecule has 6 heteroatoms. The van der Waals surface area contributed by atoms with E-state index in [1.165, 1.54) is 0 Å². The monoisotopic (exact) mass is 314 g/mol. The highest BCUT2D eigenvalue weighted by atomic mass is 35.5. The summed E-state index contributed by atoms with van der Waals surface area (Å²) in [4.78, 5) is 2.26. The van der Waals surface area contributed by atoms with Gasteiger partial charge in [-0.1, -0.05) is 12.1 Å². The number of para-hydroxylation sites is 2. The summed E-state index contributed by atoms with van der Waals surface area (Å²) in [7, 11) is 0. The van der Waals surface area contributed by atoms with Crippen molar-refractivity contribution in [1.29, 1.82) is 0 Å². The number of aliphatic hydroxyl groups excluding tert-OH is 1. The first kappa shape index (κ1) is 16.4. The molecule has 2 heterocycles. The second-order valence-electron chi connectivity index (χ2n) is 5.72. The van der Waals surface area contributed by atoms with Crippen LogP contribution in [0, 0.1) is 0 Å². The normalized spacial score (nSPS) is 26.8. The number of nitrogens with zero attached hydrogens (tertiary/aromatic N) is 1. The predicted octanol–water partition coefficient (Wildman–Crippen LogP) is 0.904. The highest BCUT2D eigenvalue weighted by molar-refractivity contribution is 5.85. The summed E-state index contributed by atoms with van der Waals surface area (Å²) in [6, 6.07) is 7.60. The lowest BCUT2D eigenvalue weighted by Gasteiger charge is -2.41. The first-order chi connectivity index (χ1) is 9.67. The molecule has 0 radical (unpaired) electrons. The maximum atomic E-state index is 10.5.